The molecule has 2 aromatic rings. The molecule has 1 aliphatic rings. The van der Waals surface area contributed by atoms with Crippen LogP contribution < -0.4 is 0 Å². The van der Waals surface area contributed by atoms with Gasteiger partial charge in [-0.15, -0.1) is 0 Å². The Kier molecular flexibility index (Phi) is 4.77. The molecule has 0 spiro atoms. The van der Waals surface area contributed by atoms with E-state index in [9.17, 15) is 0 Å². The summed E-state index contributed by atoms with van der Waals surface area (Å²) in [5.41, 5.74) is 5.29. The van der Waals surface area contributed by atoms with Crippen molar-refractivity contribution in [3.8, 4) is 11.1 Å². The highest BCUT2D eigenvalue weighted by Gasteiger charge is 2.21. The molecule has 0 aromatic heterocycles. The summed E-state index contributed by atoms with van der Waals surface area (Å²) in [6.07, 6.45) is 8.79. The minimum atomic E-state index is 0.778. The minimum Gasteiger partial charge on any atom is -0.0985 e. The Morgan fingerprint density at radius 2 is 1.41 bits per heavy atom. The smallest absolute Gasteiger partial charge is 0.0162 e. The molecular formula is C22H26. The fraction of sp³-hybridized carbons (Fsp3) is 0.364. The molecule has 0 radical (unpaired) electrons. The number of rotatable bonds is 4. The average molecular weight is 290 g/mol. The average Bonchev–Trinajstić information content (AvgIpc) is 2.62. The van der Waals surface area contributed by atoms with E-state index in [1.807, 2.05) is 6.08 Å². The zero-order valence-electron chi connectivity index (χ0n) is 13.6. The van der Waals surface area contributed by atoms with Crippen LogP contribution in [0.5, 0.6) is 0 Å². The molecule has 0 unspecified atom stereocenters. The summed E-state index contributed by atoms with van der Waals surface area (Å²) in [4.78, 5) is 0. The standard InChI is InChI=1S/C22H26/c1-3-17-5-9-19(10-6-17)21-13-15-22(16-14-21)20-11-7-18(4-2)8-12-20/h3,5-6,9-10,13-16,18,20H,1,4,7-8,11-12H2,2H3. The van der Waals surface area contributed by atoms with Gasteiger partial charge in [0.05, 0.1) is 0 Å². The van der Waals surface area contributed by atoms with Gasteiger partial charge in [0.25, 0.3) is 0 Å². The summed E-state index contributed by atoms with van der Waals surface area (Å²) in [6.45, 7) is 6.14. The van der Waals surface area contributed by atoms with Crippen molar-refractivity contribution in [3.63, 3.8) is 0 Å². The Morgan fingerprint density at radius 3 is 1.91 bits per heavy atom. The van der Waals surface area contributed by atoms with E-state index in [1.54, 1.807) is 0 Å². The molecule has 1 saturated carbocycles. The first-order chi connectivity index (χ1) is 10.8. The van der Waals surface area contributed by atoms with Crippen molar-refractivity contribution in [2.45, 2.75) is 44.9 Å². The second-order valence-corrected chi connectivity index (χ2v) is 6.57. The van der Waals surface area contributed by atoms with Crippen LogP contribution in [0.4, 0.5) is 0 Å². The zero-order chi connectivity index (χ0) is 15.4. The molecule has 0 nitrogen and oxygen atoms in total. The summed E-state index contributed by atoms with van der Waals surface area (Å²) in [5, 5.41) is 0. The highest BCUT2D eigenvalue weighted by atomic mass is 14.3. The van der Waals surface area contributed by atoms with E-state index in [-0.39, 0.29) is 0 Å². The third-order valence-electron chi connectivity index (χ3n) is 5.29. The van der Waals surface area contributed by atoms with Crippen LogP contribution in [-0.2, 0) is 0 Å². The molecule has 0 N–H and O–H groups in total. The summed E-state index contributed by atoms with van der Waals surface area (Å²) in [5.74, 6) is 1.75. The van der Waals surface area contributed by atoms with Gasteiger partial charge in [0, 0.05) is 0 Å². The van der Waals surface area contributed by atoms with Gasteiger partial charge in [-0.2, -0.15) is 0 Å². The Labute approximate surface area is 134 Å². The SMILES string of the molecule is C=Cc1ccc(-c2ccc(C3CCC(CC)CC3)cc2)cc1. The van der Waals surface area contributed by atoms with E-state index in [0.29, 0.717) is 0 Å². The lowest BCUT2D eigenvalue weighted by Gasteiger charge is -2.28. The van der Waals surface area contributed by atoms with Crippen molar-refractivity contribution in [1.29, 1.82) is 0 Å². The second kappa shape index (κ2) is 6.96. The maximum atomic E-state index is 3.81. The molecule has 0 aliphatic heterocycles. The summed E-state index contributed by atoms with van der Waals surface area (Å²) in [6, 6.07) is 17.9. The maximum Gasteiger partial charge on any atom is -0.0162 e. The van der Waals surface area contributed by atoms with Crippen molar-refractivity contribution in [2.24, 2.45) is 5.92 Å². The predicted octanol–water partition coefficient (Wildman–Crippen LogP) is 6.68. The molecule has 0 bridgehead atoms. The van der Waals surface area contributed by atoms with Crippen LogP contribution in [0.1, 0.15) is 56.1 Å². The highest BCUT2D eigenvalue weighted by molar-refractivity contribution is 5.65. The largest absolute Gasteiger partial charge is 0.0985 e. The first-order valence-electron chi connectivity index (χ1n) is 8.63. The van der Waals surface area contributed by atoms with Gasteiger partial charge in [0.2, 0.25) is 0 Å². The molecule has 1 fully saturated rings. The van der Waals surface area contributed by atoms with Crippen molar-refractivity contribution in [1.82, 2.24) is 0 Å². The van der Waals surface area contributed by atoms with Crippen LogP contribution >= 0.6 is 0 Å². The van der Waals surface area contributed by atoms with Crippen LogP contribution in [0.2, 0.25) is 0 Å². The molecule has 0 amide bonds. The molecule has 0 heterocycles. The molecule has 2 aromatic carbocycles. The van der Waals surface area contributed by atoms with Gasteiger partial charge in [-0.25, -0.2) is 0 Å². The van der Waals surface area contributed by atoms with E-state index < -0.39 is 0 Å². The van der Waals surface area contributed by atoms with E-state index in [4.69, 9.17) is 0 Å². The molecule has 3 rings (SSSR count). The fourth-order valence-electron chi connectivity index (χ4n) is 3.66. The minimum absolute atomic E-state index is 0.778. The summed E-state index contributed by atoms with van der Waals surface area (Å²) < 4.78 is 0. The van der Waals surface area contributed by atoms with Crippen molar-refractivity contribution >= 4 is 6.08 Å². The molecule has 0 heteroatoms. The second-order valence-electron chi connectivity index (χ2n) is 6.57. The fourth-order valence-corrected chi connectivity index (χ4v) is 3.66. The Bertz CT molecular complexity index is 595. The number of benzene rings is 2. The summed E-state index contributed by atoms with van der Waals surface area (Å²) >= 11 is 0. The number of hydrogen-bond acceptors (Lipinski definition) is 0. The van der Waals surface area contributed by atoms with E-state index in [1.165, 1.54) is 54.4 Å². The quantitative estimate of drug-likeness (QED) is 0.589. The van der Waals surface area contributed by atoms with Gasteiger partial charge in [0.1, 0.15) is 0 Å². The van der Waals surface area contributed by atoms with Crippen LogP contribution in [0, 0.1) is 5.92 Å². The molecule has 22 heavy (non-hydrogen) atoms. The third kappa shape index (κ3) is 3.32. The predicted molar refractivity (Wildman–Crippen MR) is 97.0 cm³/mol. The van der Waals surface area contributed by atoms with Crippen molar-refractivity contribution in [2.75, 3.05) is 0 Å². The van der Waals surface area contributed by atoms with E-state index in [0.717, 1.165) is 11.8 Å². The lowest BCUT2D eigenvalue weighted by Crippen LogP contribution is -2.12. The lowest BCUT2D eigenvalue weighted by molar-refractivity contribution is 0.319. The van der Waals surface area contributed by atoms with Gasteiger partial charge in [0.15, 0.2) is 0 Å². The first kappa shape index (κ1) is 15.1. The van der Waals surface area contributed by atoms with Gasteiger partial charge < -0.3 is 0 Å². The summed E-state index contributed by atoms with van der Waals surface area (Å²) in [7, 11) is 0. The molecule has 0 saturated heterocycles. The Morgan fingerprint density at radius 1 is 0.864 bits per heavy atom. The maximum absolute atomic E-state index is 3.81. The van der Waals surface area contributed by atoms with Crippen LogP contribution in [0.3, 0.4) is 0 Å². The van der Waals surface area contributed by atoms with Gasteiger partial charge >= 0.3 is 0 Å². The number of hydrogen-bond donors (Lipinski definition) is 0. The normalized spacial score (nSPS) is 21.5. The molecule has 0 atom stereocenters. The molecule has 114 valence electrons. The van der Waals surface area contributed by atoms with Crippen molar-refractivity contribution < 1.29 is 0 Å². The Hall–Kier alpha value is -1.82. The van der Waals surface area contributed by atoms with E-state index >= 15 is 0 Å². The monoisotopic (exact) mass is 290 g/mol. The van der Waals surface area contributed by atoms with Crippen LogP contribution in [0.25, 0.3) is 17.2 Å². The molecular weight excluding hydrogens is 264 g/mol. The van der Waals surface area contributed by atoms with Gasteiger partial charge in [-0.3, -0.25) is 0 Å². The van der Waals surface area contributed by atoms with Gasteiger partial charge in [-0.1, -0.05) is 74.5 Å². The molecule has 1 aliphatic carbocycles. The lowest BCUT2D eigenvalue weighted by atomic mass is 9.77. The Balaban J connectivity index is 1.71. The van der Waals surface area contributed by atoms with Crippen LogP contribution in [-0.4, -0.2) is 0 Å². The van der Waals surface area contributed by atoms with Gasteiger partial charge in [-0.05, 0) is 59.8 Å². The highest BCUT2D eigenvalue weighted by Crippen LogP contribution is 2.37. The third-order valence-corrected chi connectivity index (χ3v) is 5.29. The topological polar surface area (TPSA) is 0 Å². The zero-order valence-corrected chi connectivity index (χ0v) is 13.6. The van der Waals surface area contributed by atoms with Crippen molar-refractivity contribution in [3.05, 3.63) is 66.2 Å². The van der Waals surface area contributed by atoms with Crippen LogP contribution in [0.15, 0.2) is 55.1 Å². The first-order valence-corrected chi connectivity index (χ1v) is 8.63. The van der Waals surface area contributed by atoms with E-state index in [2.05, 4.69) is 62.0 Å².